The van der Waals surface area contributed by atoms with Gasteiger partial charge in [0.1, 0.15) is 5.01 Å². The molecule has 0 spiro atoms. The van der Waals surface area contributed by atoms with Gasteiger partial charge >= 0.3 is 0 Å². The molecule has 3 rings (SSSR count). The van der Waals surface area contributed by atoms with Crippen LogP contribution in [0.2, 0.25) is 0 Å². The number of thiophene rings is 1. The van der Waals surface area contributed by atoms with Crippen molar-refractivity contribution in [3.63, 3.8) is 0 Å². The normalized spacial score (nSPS) is 10.7. The van der Waals surface area contributed by atoms with E-state index in [1.807, 2.05) is 24.4 Å². The third-order valence-electron chi connectivity index (χ3n) is 3.38. The highest BCUT2D eigenvalue weighted by atomic mass is 32.1. The number of thiazole rings is 1. The van der Waals surface area contributed by atoms with E-state index in [9.17, 15) is 0 Å². The first-order valence-electron chi connectivity index (χ1n) is 7.21. The Balaban J connectivity index is 1.71. The van der Waals surface area contributed by atoms with Gasteiger partial charge in [-0.05, 0) is 23.6 Å². The summed E-state index contributed by atoms with van der Waals surface area (Å²) in [6, 6.07) is 10.1. The largest absolute Gasteiger partial charge is 0.493 e. The van der Waals surface area contributed by atoms with E-state index in [-0.39, 0.29) is 0 Å². The predicted molar refractivity (Wildman–Crippen MR) is 95.5 cm³/mol. The van der Waals surface area contributed by atoms with Crippen molar-refractivity contribution in [3.8, 4) is 21.9 Å². The second-order valence-electron chi connectivity index (χ2n) is 4.84. The molecule has 2 heterocycles. The smallest absolute Gasteiger partial charge is 0.169 e. The van der Waals surface area contributed by atoms with Gasteiger partial charge in [0, 0.05) is 29.7 Å². The van der Waals surface area contributed by atoms with Gasteiger partial charge in [0.25, 0.3) is 0 Å². The summed E-state index contributed by atoms with van der Waals surface area (Å²) >= 11 is 3.43. The molecule has 0 saturated heterocycles. The standard InChI is InChI=1S/C17H18N2O2S2/c1-20-14-7-3-6-13(17(14)21-2)15-10-19-16(23-15)11-18-9-12-5-4-8-22-12/h3-8,10,18H,9,11H2,1-2H3. The van der Waals surface area contributed by atoms with Crippen molar-refractivity contribution < 1.29 is 9.47 Å². The third-order valence-corrected chi connectivity index (χ3v) is 5.28. The Morgan fingerprint density at radius 3 is 2.74 bits per heavy atom. The summed E-state index contributed by atoms with van der Waals surface area (Å²) in [6.07, 6.45) is 1.89. The second-order valence-corrected chi connectivity index (χ2v) is 6.99. The van der Waals surface area contributed by atoms with Crippen LogP contribution in [0.15, 0.2) is 41.9 Å². The fourth-order valence-electron chi connectivity index (χ4n) is 2.30. The summed E-state index contributed by atoms with van der Waals surface area (Å²) in [5.74, 6) is 1.48. The molecule has 120 valence electrons. The van der Waals surface area contributed by atoms with Crippen molar-refractivity contribution in [2.45, 2.75) is 13.1 Å². The van der Waals surface area contributed by atoms with E-state index < -0.39 is 0 Å². The summed E-state index contributed by atoms with van der Waals surface area (Å²) in [4.78, 5) is 6.91. The molecule has 0 saturated carbocycles. The van der Waals surface area contributed by atoms with Gasteiger partial charge in [-0.15, -0.1) is 22.7 Å². The first-order valence-corrected chi connectivity index (χ1v) is 8.90. The van der Waals surface area contributed by atoms with Gasteiger partial charge in [0.15, 0.2) is 11.5 Å². The topological polar surface area (TPSA) is 43.4 Å². The molecule has 6 heteroatoms. The van der Waals surface area contributed by atoms with Crippen LogP contribution in [0.3, 0.4) is 0 Å². The first-order chi connectivity index (χ1) is 11.3. The van der Waals surface area contributed by atoms with Crippen molar-refractivity contribution in [2.24, 2.45) is 0 Å². The van der Waals surface area contributed by atoms with Gasteiger partial charge in [-0.3, -0.25) is 0 Å². The van der Waals surface area contributed by atoms with Gasteiger partial charge in [0.05, 0.1) is 19.1 Å². The number of methoxy groups -OCH3 is 2. The number of nitrogens with one attached hydrogen (secondary N) is 1. The molecule has 2 aromatic heterocycles. The Bertz CT molecular complexity index is 754. The molecule has 0 bridgehead atoms. The number of hydrogen-bond acceptors (Lipinski definition) is 6. The maximum Gasteiger partial charge on any atom is 0.169 e. The minimum absolute atomic E-state index is 0.732. The van der Waals surface area contributed by atoms with Crippen LogP contribution in [-0.2, 0) is 13.1 Å². The number of hydrogen-bond donors (Lipinski definition) is 1. The van der Waals surface area contributed by atoms with E-state index in [1.165, 1.54) is 4.88 Å². The molecule has 0 fully saturated rings. The number of ether oxygens (including phenoxy) is 2. The number of benzene rings is 1. The Hall–Kier alpha value is -1.89. The lowest BCUT2D eigenvalue weighted by Crippen LogP contribution is -2.11. The predicted octanol–water partition coefficient (Wildman–Crippen LogP) is 4.18. The summed E-state index contributed by atoms with van der Waals surface area (Å²) < 4.78 is 10.9. The molecular weight excluding hydrogens is 328 g/mol. The molecule has 3 aromatic rings. The van der Waals surface area contributed by atoms with Gasteiger partial charge in [0.2, 0.25) is 0 Å². The van der Waals surface area contributed by atoms with Crippen LogP contribution in [0.5, 0.6) is 11.5 Å². The lowest BCUT2D eigenvalue weighted by Gasteiger charge is -2.10. The van der Waals surface area contributed by atoms with Crippen molar-refractivity contribution in [2.75, 3.05) is 14.2 Å². The molecule has 0 aliphatic heterocycles. The van der Waals surface area contributed by atoms with Crippen LogP contribution in [-0.4, -0.2) is 19.2 Å². The average molecular weight is 346 g/mol. The highest BCUT2D eigenvalue weighted by Gasteiger charge is 2.13. The Kier molecular flexibility index (Phi) is 5.27. The molecule has 23 heavy (non-hydrogen) atoms. The van der Waals surface area contributed by atoms with Crippen LogP contribution >= 0.6 is 22.7 Å². The van der Waals surface area contributed by atoms with Crippen molar-refractivity contribution in [1.29, 1.82) is 0 Å². The maximum absolute atomic E-state index is 5.50. The number of rotatable bonds is 7. The Labute approximate surface area is 143 Å². The zero-order valence-corrected chi connectivity index (χ0v) is 14.7. The van der Waals surface area contributed by atoms with Crippen LogP contribution in [0.1, 0.15) is 9.88 Å². The first kappa shape index (κ1) is 16.0. The molecule has 1 aromatic carbocycles. The number of aromatic nitrogens is 1. The average Bonchev–Trinajstić information content (AvgIpc) is 3.26. The fraction of sp³-hybridized carbons (Fsp3) is 0.235. The summed E-state index contributed by atoms with van der Waals surface area (Å²) in [5.41, 5.74) is 1.01. The second kappa shape index (κ2) is 7.59. The molecule has 4 nitrogen and oxygen atoms in total. The maximum atomic E-state index is 5.50. The number of para-hydroxylation sites is 1. The highest BCUT2D eigenvalue weighted by molar-refractivity contribution is 7.15. The molecule has 0 radical (unpaired) electrons. The van der Waals surface area contributed by atoms with E-state index in [2.05, 4.69) is 27.8 Å². The van der Waals surface area contributed by atoms with E-state index in [0.717, 1.165) is 40.0 Å². The fourth-order valence-corrected chi connectivity index (χ4v) is 3.89. The van der Waals surface area contributed by atoms with E-state index in [1.54, 1.807) is 36.9 Å². The zero-order valence-electron chi connectivity index (χ0n) is 13.0. The molecule has 0 aliphatic rings. The van der Waals surface area contributed by atoms with E-state index >= 15 is 0 Å². The van der Waals surface area contributed by atoms with E-state index in [4.69, 9.17) is 9.47 Å². The molecule has 0 amide bonds. The van der Waals surface area contributed by atoms with Crippen LogP contribution < -0.4 is 14.8 Å². The monoisotopic (exact) mass is 346 g/mol. The van der Waals surface area contributed by atoms with Gasteiger partial charge in [-0.1, -0.05) is 12.1 Å². The molecule has 1 N–H and O–H groups in total. The summed E-state index contributed by atoms with van der Waals surface area (Å²) in [7, 11) is 3.31. The molecule has 0 unspecified atom stereocenters. The van der Waals surface area contributed by atoms with Crippen molar-refractivity contribution >= 4 is 22.7 Å². The third kappa shape index (κ3) is 3.72. The Morgan fingerprint density at radius 2 is 2.00 bits per heavy atom. The lowest BCUT2D eigenvalue weighted by atomic mass is 10.1. The van der Waals surface area contributed by atoms with Gasteiger partial charge in [-0.25, -0.2) is 4.98 Å². The van der Waals surface area contributed by atoms with E-state index in [0.29, 0.717) is 0 Å². The SMILES string of the molecule is COc1cccc(-c2cnc(CNCc3cccs3)s2)c1OC. The molecular formula is C17H18N2O2S2. The van der Waals surface area contributed by atoms with Crippen LogP contribution in [0, 0.1) is 0 Å². The zero-order chi connectivity index (χ0) is 16.1. The minimum Gasteiger partial charge on any atom is -0.493 e. The summed E-state index contributed by atoms with van der Waals surface area (Å²) in [6.45, 7) is 1.63. The molecule has 0 atom stereocenters. The van der Waals surface area contributed by atoms with Gasteiger partial charge in [-0.2, -0.15) is 0 Å². The van der Waals surface area contributed by atoms with Crippen molar-refractivity contribution in [1.82, 2.24) is 10.3 Å². The van der Waals surface area contributed by atoms with Gasteiger partial charge < -0.3 is 14.8 Å². The van der Waals surface area contributed by atoms with Crippen molar-refractivity contribution in [3.05, 3.63) is 51.8 Å². The van der Waals surface area contributed by atoms with Crippen LogP contribution in [0.25, 0.3) is 10.4 Å². The Morgan fingerprint density at radius 1 is 1.09 bits per heavy atom. The number of nitrogens with zero attached hydrogens (tertiary/aromatic N) is 1. The molecule has 0 aliphatic carbocycles. The minimum atomic E-state index is 0.732. The quantitative estimate of drug-likeness (QED) is 0.697. The lowest BCUT2D eigenvalue weighted by molar-refractivity contribution is 0.356. The summed E-state index contributed by atoms with van der Waals surface area (Å²) in [5, 5.41) is 6.57. The van der Waals surface area contributed by atoms with Crippen LogP contribution in [0.4, 0.5) is 0 Å². The highest BCUT2D eigenvalue weighted by Crippen LogP contribution is 2.39.